The van der Waals surface area contributed by atoms with E-state index in [9.17, 15) is 18.0 Å². The van der Waals surface area contributed by atoms with E-state index in [0.717, 1.165) is 11.8 Å². The first-order chi connectivity index (χ1) is 5.48. The zero-order valence-corrected chi connectivity index (χ0v) is 8.04. The molecule has 12 heavy (non-hydrogen) atoms. The first-order valence-electron chi connectivity index (χ1n) is 3.64. The molecule has 1 nitrogen and oxygen atoms in total. The monoisotopic (exact) mass is 246 g/mol. The van der Waals surface area contributed by atoms with Gasteiger partial charge in [0.25, 0.3) is 0 Å². The Balaban J connectivity index is 3.45. The Kier molecular flexibility index (Phi) is 5.53. The highest BCUT2D eigenvalue weighted by atomic mass is 79.9. The van der Waals surface area contributed by atoms with Gasteiger partial charge >= 0.3 is 6.18 Å². The number of carbonyl (C=O) groups is 1. The second-order valence-electron chi connectivity index (χ2n) is 2.42. The Morgan fingerprint density at radius 2 is 1.75 bits per heavy atom. The third kappa shape index (κ3) is 5.57. The van der Waals surface area contributed by atoms with Crippen LogP contribution in [0.15, 0.2) is 0 Å². The van der Waals surface area contributed by atoms with Gasteiger partial charge in [0.1, 0.15) is 0 Å². The van der Waals surface area contributed by atoms with E-state index >= 15 is 0 Å². The van der Waals surface area contributed by atoms with Gasteiger partial charge in [-0.2, -0.15) is 13.2 Å². The highest BCUT2D eigenvalue weighted by Crippen LogP contribution is 2.19. The van der Waals surface area contributed by atoms with E-state index in [0.29, 0.717) is 12.8 Å². The van der Waals surface area contributed by atoms with Crippen LogP contribution in [-0.2, 0) is 4.79 Å². The molecule has 0 bridgehead atoms. The van der Waals surface area contributed by atoms with E-state index in [1.807, 2.05) is 0 Å². The number of hydrogen-bond acceptors (Lipinski definition) is 1. The maximum atomic E-state index is 11.6. The molecule has 0 aromatic rings. The molecule has 72 valence electrons. The molecule has 0 heterocycles. The van der Waals surface area contributed by atoms with Crippen molar-refractivity contribution in [2.45, 2.75) is 31.9 Å². The normalized spacial score (nSPS) is 11.7. The smallest absolute Gasteiger partial charge is 0.290 e. The van der Waals surface area contributed by atoms with E-state index < -0.39 is 12.0 Å². The molecule has 0 atom stereocenters. The van der Waals surface area contributed by atoms with Gasteiger partial charge < -0.3 is 0 Å². The van der Waals surface area contributed by atoms with E-state index in [4.69, 9.17) is 0 Å². The second-order valence-corrected chi connectivity index (χ2v) is 3.21. The average molecular weight is 247 g/mol. The lowest BCUT2D eigenvalue weighted by molar-refractivity contribution is -0.171. The Labute approximate surface area is 77.5 Å². The van der Waals surface area contributed by atoms with Gasteiger partial charge in [-0.1, -0.05) is 22.4 Å². The molecular weight excluding hydrogens is 237 g/mol. The highest BCUT2D eigenvalue weighted by Gasteiger charge is 2.36. The van der Waals surface area contributed by atoms with Crippen molar-refractivity contribution in [3.63, 3.8) is 0 Å². The quantitative estimate of drug-likeness (QED) is 0.539. The SMILES string of the molecule is O=C(CCCCCBr)C(F)(F)F. The number of unbranched alkanes of at least 4 members (excludes halogenated alkanes) is 2. The molecule has 0 aliphatic heterocycles. The standard InChI is InChI=1S/C7H10BrF3O/c8-5-3-1-2-4-6(12)7(9,10)11/h1-5H2. The molecule has 0 rings (SSSR count). The fourth-order valence-corrected chi connectivity index (χ4v) is 1.10. The summed E-state index contributed by atoms with van der Waals surface area (Å²) >= 11 is 3.15. The fraction of sp³-hybridized carbons (Fsp3) is 0.857. The van der Waals surface area contributed by atoms with Gasteiger partial charge in [-0.25, -0.2) is 0 Å². The van der Waals surface area contributed by atoms with Gasteiger partial charge in [-0.3, -0.25) is 4.79 Å². The van der Waals surface area contributed by atoms with Crippen LogP contribution in [0.5, 0.6) is 0 Å². The van der Waals surface area contributed by atoms with E-state index in [2.05, 4.69) is 15.9 Å². The number of hydrogen-bond donors (Lipinski definition) is 0. The number of carbonyl (C=O) groups excluding carboxylic acids is 1. The molecule has 0 aliphatic carbocycles. The van der Waals surface area contributed by atoms with E-state index in [-0.39, 0.29) is 6.42 Å². The Hall–Kier alpha value is -0.0600. The van der Waals surface area contributed by atoms with Gasteiger partial charge in [0.15, 0.2) is 0 Å². The lowest BCUT2D eigenvalue weighted by atomic mass is 10.1. The molecule has 0 N–H and O–H groups in total. The molecule has 0 saturated carbocycles. The molecule has 0 aliphatic rings. The van der Waals surface area contributed by atoms with Crippen molar-refractivity contribution in [3.05, 3.63) is 0 Å². The lowest BCUT2D eigenvalue weighted by Gasteiger charge is -2.03. The lowest BCUT2D eigenvalue weighted by Crippen LogP contribution is -2.22. The summed E-state index contributed by atoms with van der Waals surface area (Å²) < 4.78 is 34.8. The van der Waals surface area contributed by atoms with Crippen molar-refractivity contribution in [3.8, 4) is 0 Å². The minimum atomic E-state index is -4.64. The second kappa shape index (κ2) is 5.56. The van der Waals surface area contributed by atoms with Crippen molar-refractivity contribution >= 4 is 21.7 Å². The van der Waals surface area contributed by atoms with Crippen LogP contribution in [-0.4, -0.2) is 17.3 Å². The van der Waals surface area contributed by atoms with Gasteiger partial charge in [0.2, 0.25) is 5.78 Å². The van der Waals surface area contributed by atoms with Crippen molar-refractivity contribution in [2.24, 2.45) is 0 Å². The van der Waals surface area contributed by atoms with Gasteiger partial charge in [-0.15, -0.1) is 0 Å². The van der Waals surface area contributed by atoms with Crippen LogP contribution in [0.2, 0.25) is 0 Å². The predicted molar refractivity (Wildman–Crippen MR) is 43.3 cm³/mol. The van der Waals surface area contributed by atoms with Crippen molar-refractivity contribution in [2.75, 3.05) is 5.33 Å². The van der Waals surface area contributed by atoms with Crippen LogP contribution >= 0.6 is 15.9 Å². The Morgan fingerprint density at radius 3 is 2.17 bits per heavy atom. The minimum Gasteiger partial charge on any atom is -0.290 e. The molecular formula is C7H10BrF3O. The molecule has 0 unspecified atom stereocenters. The fourth-order valence-electron chi connectivity index (χ4n) is 0.699. The van der Waals surface area contributed by atoms with Gasteiger partial charge in [0.05, 0.1) is 0 Å². The van der Waals surface area contributed by atoms with Gasteiger partial charge in [0, 0.05) is 11.8 Å². The third-order valence-corrected chi connectivity index (χ3v) is 1.91. The molecule has 5 heteroatoms. The molecule has 0 fully saturated rings. The highest BCUT2D eigenvalue weighted by molar-refractivity contribution is 9.09. The van der Waals surface area contributed by atoms with E-state index in [1.165, 1.54) is 0 Å². The minimum absolute atomic E-state index is 0.323. The molecule has 0 amide bonds. The van der Waals surface area contributed by atoms with E-state index in [1.54, 1.807) is 0 Å². The summed E-state index contributed by atoms with van der Waals surface area (Å²) in [5, 5.41) is 0.771. The van der Waals surface area contributed by atoms with Crippen LogP contribution in [0, 0.1) is 0 Å². The average Bonchev–Trinajstić information content (AvgIpc) is 1.96. The predicted octanol–water partition coefficient (Wildman–Crippen LogP) is 3.07. The van der Waals surface area contributed by atoms with Crippen molar-refractivity contribution in [1.82, 2.24) is 0 Å². The topological polar surface area (TPSA) is 17.1 Å². The Bertz CT molecular complexity index is 144. The number of Topliss-reactive ketones (excluding diaryl/α,β-unsaturated/α-hetero) is 1. The largest absolute Gasteiger partial charge is 0.449 e. The number of halogens is 4. The summed E-state index contributed by atoms with van der Waals surface area (Å²) in [6.07, 6.45) is -3.23. The Morgan fingerprint density at radius 1 is 1.17 bits per heavy atom. The summed E-state index contributed by atoms with van der Waals surface area (Å²) in [6, 6.07) is 0. The first-order valence-corrected chi connectivity index (χ1v) is 4.76. The molecule has 0 aromatic heterocycles. The summed E-state index contributed by atoms with van der Waals surface area (Å²) in [5.74, 6) is -1.61. The molecule has 0 spiro atoms. The van der Waals surface area contributed by atoms with Crippen LogP contribution < -0.4 is 0 Å². The molecule has 0 aromatic carbocycles. The number of alkyl halides is 4. The van der Waals surface area contributed by atoms with Crippen LogP contribution in [0.1, 0.15) is 25.7 Å². The van der Waals surface area contributed by atoms with Crippen LogP contribution in [0.3, 0.4) is 0 Å². The van der Waals surface area contributed by atoms with Crippen molar-refractivity contribution in [1.29, 1.82) is 0 Å². The maximum absolute atomic E-state index is 11.6. The summed E-state index contributed by atoms with van der Waals surface area (Å²) in [6.45, 7) is 0. The van der Waals surface area contributed by atoms with Crippen LogP contribution in [0.4, 0.5) is 13.2 Å². The maximum Gasteiger partial charge on any atom is 0.449 e. The number of rotatable bonds is 5. The molecule has 0 saturated heterocycles. The summed E-state index contributed by atoms with van der Waals surface area (Å²) in [7, 11) is 0. The van der Waals surface area contributed by atoms with Crippen LogP contribution in [0.25, 0.3) is 0 Å². The van der Waals surface area contributed by atoms with Crippen molar-refractivity contribution < 1.29 is 18.0 Å². The summed E-state index contributed by atoms with van der Waals surface area (Å²) in [4.78, 5) is 10.3. The summed E-state index contributed by atoms with van der Waals surface area (Å²) in [5.41, 5.74) is 0. The first kappa shape index (κ1) is 11.9. The number of ketones is 1. The van der Waals surface area contributed by atoms with Gasteiger partial charge in [-0.05, 0) is 12.8 Å². The zero-order chi connectivity index (χ0) is 9.61. The third-order valence-electron chi connectivity index (χ3n) is 1.35. The zero-order valence-electron chi connectivity index (χ0n) is 6.46. The molecule has 0 radical (unpaired) electrons.